The highest BCUT2D eigenvalue weighted by Crippen LogP contribution is 2.36. The lowest BCUT2D eigenvalue weighted by atomic mass is 9.78. The monoisotopic (exact) mass is 438 g/mol. The molecule has 6 heteroatoms. The van der Waals surface area contributed by atoms with E-state index in [-0.39, 0.29) is 30.0 Å². The molecule has 5 nitrogen and oxygen atoms in total. The van der Waals surface area contributed by atoms with Crippen molar-refractivity contribution in [3.8, 4) is 5.75 Å². The van der Waals surface area contributed by atoms with E-state index < -0.39 is 0 Å². The van der Waals surface area contributed by atoms with Gasteiger partial charge in [-0.1, -0.05) is 36.4 Å². The number of rotatable bonds is 6. The Kier molecular flexibility index (Phi) is 7.08. The minimum absolute atomic E-state index is 0.0384. The van der Waals surface area contributed by atoms with Crippen molar-refractivity contribution in [2.24, 2.45) is 17.8 Å². The summed E-state index contributed by atoms with van der Waals surface area (Å²) in [6, 6.07) is 16.2. The number of para-hydroxylation sites is 1. The summed E-state index contributed by atoms with van der Waals surface area (Å²) in [4.78, 5) is 28.5. The molecular formula is C26H31FN2O3. The number of ether oxygens (including phenoxy) is 1. The van der Waals surface area contributed by atoms with Crippen LogP contribution in [0.1, 0.15) is 25.3 Å². The first-order valence-corrected chi connectivity index (χ1v) is 11.5. The third-order valence-corrected chi connectivity index (χ3v) is 6.94. The molecule has 2 aromatic rings. The fourth-order valence-electron chi connectivity index (χ4n) is 5.09. The van der Waals surface area contributed by atoms with Crippen molar-refractivity contribution < 1.29 is 18.7 Å². The zero-order valence-electron chi connectivity index (χ0n) is 18.6. The molecule has 4 rings (SSSR count). The Bertz CT molecular complexity index is 928. The van der Waals surface area contributed by atoms with Gasteiger partial charge in [-0.15, -0.1) is 0 Å². The smallest absolute Gasteiger partial charge is 0.227 e. The molecular weight excluding hydrogens is 407 g/mol. The van der Waals surface area contributed by atoms with Crippen LogP contribution in [0.5, 0.6) is 5.75 Å². The van der Waals surface area contributed by atoms with Gasteiger partial charge in [0.05, 0.1) is 13.0 Å². The van der Waals surface area contributed by atoms with Crippen LogP contribution < -0.4 is 4.74 Å². The Hall–Kier alpha value is -2.89. The molecule has 0 aliphatic carbocycles. The molecule has 2 aliphatic heterocycles. The Morgan fingerprint density at radius 3 is 2.34 bits per heavy atom. The molecule has 2 atom stereocenters. The number of benzene rings is 2. The maximum absolute atomic E-state index is 14.1. The maximum atomic E-state index is 14.1. The van der Waals surface area contributed by atoms with E-state index in [1.807, 2.05) is 40.1 Å². The van der Waals surface area contributed by atoms with E-state index in [1.165, 1.54) is 6.07 Å². The Morgan fingerprint density at radius 2 is 1.66 bits per heavy atom. The molecule has 0 N–H and O–H groups in total. The average molecular weight is 439 g/mol. The molecule has 2 aliphatic rings. The largest absolute Gasteiger partial charge is 0.493 e. The zero-order chi connectivity index (χ0) is 22.5. The van der Waals surface area contributed by atoms with Crippen LogP contribution in [0.3, 0.4) is 0 Å². The lowest BCUT2D eigenvalue weighted by Crippen LogP contribution is -2.40. The van der Waals surface area contributed by atoms with Crippen molar-refractivity contribution in [3.05, 3.63) is 66.0 Å². The second-order valence-electron chi connectivity index (χ2n) is 8.96. The number of piperidine rings is 1. The van der Waals surface area contributed by atoms with Crippen LogP contribution >= 0.6 is 0 Å². The predicted octanol–water partition coefficient (Wildman–Crippen LogP) is 3.78. The quantitative estimate of drug-likeness (QED) is 0.690. The highest BCUT2D eigenvalue weighted by Gasteiger charge is 2.41. The molecule has 2 unspecified atom stereocenters. The van der Waals surface area contributed by atoms with Gasteiger partial charge in [-0.3, -0.25) is 9.59 Å². The van der Waals surface area contributed by atoms with E-state index in [1.54, 1.807) is 25.1 Å². The third kappa shape index (κ3) is 5.29. The molecule has 0 spiro atoms. The maximum Gasteiger partial charge on any atom is 0.227 e. The summed E-state index contributed by atoms with van der Waals surface area (Å²) >= 11 is 0. The first kappa shape index (κ1) is 22.3. The lowest BCUT2D eigenvalue weighted by Gasteiger charge is -2.36. The first-order valence-electron chi connectivity index (χ1n) is 11.5. The van der Waals surface area contributed by atoms with Crippen molar-refractivity contribution >= 4 is 11.8 Å². The van der Waals surface area contributed by atoms with Gasteiger partial charge in [-0.25, -0.2) is 4.39 Å². The highest BCUT2D eigenvalue weighted by atomic mass is 19.1. The minimum atomic E-state index is -0.336. The molecule has 2 saturated heterocycles. The molecule has 170 valence electrons. The summed E-state index contributed by atoms with van der Waals surface area (Å²) < 4.78 is 20.1. The number of carbonyl (C=O) groups excluding carboxylic acids is 2. The van der Waals surface area contributed by atoms with Crippen LogP contribution in [-0.4, -0.2) is 54.4 Å². The normalized spacial score (nSPS) is 21.6. The Balaban J connectivity index is 1.44. The molecule has 0 aromatic heterocycles. The van der Waals surface area contributed by atoms with Gasteiger partial charge in [-0.2, -0.15) is 0 Å². The average Bonchev–Trinajstić information content (AvgIpc) is 3.24. The lowest BCUT2D eigenvalue weighted by molar-refractivity contribution is -0.130. The summed E-state index contributed by atoms with van der Waals surface area (Å²) in [5.74, 6) is 1.56. The van der Waals surface area contributed by atoms with Crippen LogP contribution in [-0.2, 0) is 16.0 Å². The van der Waals surface area contributed by atoms with Crippen molar-refractivity contribution in [1.29, 1.82) is 0 Å². The summed E-state index contributed by atoms with van der Waals surface area (Å²) in [6.45, 7) is 5.00. The highest BCUT2D eigenvalue weighted by molar-refractivity contribution is 5.79. The van der Waals surface area contributed by atoms with Gasteiger partial charge in [0.25, 0.3) is 0 Å². The minimum Gasteiger partial charge on any atom is -0.493 e. The molecule has 2 aromatic carbocycles. The van der Waals surface area contributed by atoms with Crippen LogP contribution in [0.2, 0.25) is 0 Å². The molecule has 2 fully saturated rings. The van der Waals surface area contributed by atoms with E-state index in [4.69, 9.17) is 4.74 Å². The van der Waals surface area contributed by atoms with Gasteiger partial charge >= 0.3 is 0 Å². The second-order valence-corrected chi connectivity index (χ2v) is 8.96. The van der Waals surface area contributed by atoms with E-state index in [0.29, 0.717) is 37.1 Å². The number of carbonyl (C=O) groups is 2. The standard InChI is InChI=1S/C26H31FN2O3/c1-19(30)28-13-11-20(12-14-28)24-17-29(26(31)15-21-7-5-6-10-25(21)27)16-22(24)18-32-23-8-3-2-4-9-23/h2-10,20,22,24H,11-18H2,1H3. The SMILES string of the molecule is CC(=O)N1CCC(C2CN(C(=O)Cc3ccccc3F)CC2COc2ccccc2)CC1. The molecule has 0 bridgehead atoms. The zero-order valence-corrected chi connectivity index (χ0v) is 18.6. The fraction of sp³-hybridized carbons (Fsp3) is 0.462. The second kappa shape index (κ2) is 10.2. The van der Waals surface area contributed by atoms with Gasteiger partial charge in [0.2, 0.25) is 11.8 Å². The fourth-order valence-corrected chi connectivity index (χ4v) is 5.09. The molecule has 0 radical (unpaired) electrons. The van der Waals surface area contributed by atoms with Gasteiger partial charge in [-0.05, 0) is 48.4 Å². The van der Waals surface area contributed by atoms with E-state index in [9.17, 15) is 14.0 Å². The Morgan fingerprint density at radius 1 is 0.969 bits per heavy atom. The van der Waals surface area contributed by atoms with Crippen molar-refractivity contribution in [2.45, 2.75) is 26.2 Å². The van der Waals surface area contributed by atoms with Gasteiger partial charge in [0, 0.05) is 39.0 Å². The molecule has 2 amide bonds. The number of hydrogen-bond donors (Lipinski definition) is 0. The van der Waals surface area contributed by atoms with Gasteiger partial charge in [0.1, 0.15) is 11.6 Å². The summed E-state index contributed by atoms with van der Waals surface area (Å²) in [6.07, 6.45) is 1.97. The van der Waals surface area contributed by atoms with Crippen LogP contribution in [0.25, 0.3) is 0 Å². The van der Waals surface area contributed by atoms with E-state index in [0.717, 1.165) is 31.7 Å². The van der Waals surface area contributed by atoms with Crippen molar-refractivity contribution in [2.75, 3.05) is 32.8 Å². The van der Waals surface area contributed by atoms with E-state index >= 15 is 0 Å². The third-order valence-electron chi connectivity index (χ3n) is 6.94. The number of likely N-dealkylation sites (tertiary alicyclic amines) is 2. The summed E-state index contributed by atoms with van der Waals surface area (Å²) in [5.41, 5.74) is 0.438. The van der Waals surface area contributed by atoms with Crippen molar-refractivity contribution in [3.63, 3.8) is 0 Å². The van der Waals surface area contributed by atoms with Crippen molar-refractivity contribution in [1.82, 2.24) is 9.80 Å². The first-order chi connectivity index (χ1) is 15.5. The molecule has 0 saturated carbocycles. The van der Waals surface area contributed by atoms with Crippen LogP contribution in [0.4, 0.5) is 4.39 Å². The van der Waals surface area contributed by atoms with Gasteiger partial charge < -0.3 is 14.5 Å². The van der Waals surface area contributed by atoms with Gasteiger partial charge in [0.15, 0.2) is 0 Å². The number of halogens is 1. The summed E-state index contributed by atoms with van der Waals surface area (Å²) in [5, 5.41) is 0. The van der Waals surface area contributed by atoms with Crippen LogP contribution in [0.15, 0.2) is 54.6 Å². The topological polar surface area (TPSA) is 49.9 Å². The van der Waals surface area contributed by atoms with Crippen LogP contribution in [0, 0.1) is 23.6 Å². The summed E-state index contributed by atoms with van der Waals surface area (Å²) in [7, 11) is 0. The van der Waals surface area contributed by atoms with E-state index in [2.05, 4.69) is 0 Å². The number of amides is 2. The Labute approximate surface area is 189 Å². The number of hydrogen-bond acceptors (Lipinski definition) is 3. The number of nitrogens with zero attached hydrogens (tertiary/aromatic N) is 2. The molecule has 2 heterocycles. The molecule has 32 heavy (non-hydrogen) atoms. The predicted molar refractivity (Wildman–Crippen MR) is 121 cm³/mol.